The van der Waals surface area contributed by atoms with Crippen LogP contribution in [0.5, 0.6) is 17.2 Å². The molecular weight excluding hydrogens is 397 g/mol. The number of aryl methyl sites for hydroxylation is 1. The monoisotopic (exact) mass is 412 g/mol. The summed E-state index contributed by atoms with van der Waals surface area (Å²) >= 11 is 6.18. The fourth-order valence-corrected chi connectivity index (χ4v) is 2.81. The summed E-state index contributed by atoms with van der Waals surface area (Å²) in [6.45, 7) is 0. The number of alkyl halides is 3. The molecule has 0 saturated heterocycles. The minimum atomic E-state index is -4.51. The van der Waals surface area contributed by atoms with Crippen LogP contribution in [0.2, 0.25) is 5.02 Å². The van der Waals surface area contributed by atoms with Crippen LogP contribution in [0.3, 0.4) is 0 Å². The number of fused-ring (bicyclic) bond motifs is 1. The molecule has 4 nitrogen and oxygen atoms in total. The lowest BCUT2D eigenvalue weighted by atomic mass is 10.1. The van der Waals surface area contributed by atoms with E-state index in [9.17, 15) is 18.0 Å². The summed E-state index contributed by atoms with van der Waals surface area (Å²) in [4.78, 5) is 11.2. The van der Waals surface area contributed by atoms with E-state index in [1.165, 1.54) is 25.3 Å². The largest absolute Gasteiger partial charge is 0.476 e. The molecule has 0 radical (unpaired) electrons. The first-order chi connectivity index (χ1) is 13.3. The molecule has 1 aliphatic rings. The Kier molecular flexibility index (Phi) is 5.84. The van der Waals surface area contributed by atoms with Crippen molar-refractivity contribution >= 4 is 23.6 Å². The van der Waals surface area contributed by atoms with Crippen molar-refractivity contribution in [3.63, 3.8) is 0 Å². The molecule has 8 heteroatoms. The number of carbonyl (C=O) groups excluding carboxylic acids is 1. The molecule has 0 fully saturated rings. The third kappa shape index (κ3) is 4.78. The molecule has 2 aromatic rings. The average molecular weight is 413 g/mol. The molecule has 28 heavy (non-hydrogen) atoms. The first kappa shape index (κ1) is 20.1. The molecule has 0 amide bonds. The number of methoxy groups -OCH3 is 1. The van der Waals surface area contributed by atoms with Gasteiger partial charge in [0, 0.05) is 18.1 Å². The summed E-state index contributed by atoms with van der Waals surface area (Å²) in [5.41, 5.74) is 1.35. The quantitative estimate of drug-likeness (QED) is 0.602. The van der Waals surface area contributed by atoms with Crippen LogP contribution in [0.15, 0.2) is 42.5 Å². The van der Waals surface area contributed by atoms with Gasteiger partial charge in [0.25, 0.3) is 0 Å². The second kappa shape index (κ2) is 8.14. The first-order valence-corrected chi connectivity index (χ1v) is 8.73. The molecule has 0 N–H and O–H groups in total. The molecule has 0 saturated carbocycles. The second-order valence-electron chi connectivity index (χ2n) is 6.08. The minimum Gasteiger partial charge on any atom is -0.476 e. The van der Waals surface area contributed by atoms with Crippen molar-refractivity contribution in [3.05, 3.63) is 58.6 Å². The first-order valence-electron chi connectivity index (χ1n) is 8.35. The van der Waals surface area contributed by atoms with Crippen LogP contribution in [0.25, 0.3) is 6.08 Å². The van der Waals surface area contributed by atoms with E-state index in [1.54, 1.807) is 24.3 Å². The van der Waals surface area contributed by atoms with E-state index >= 15 is 0 Å². The standard InChI is InChI=1S/C20H16ClF3O4/c1-26-19(25)9-4-12-2-6-14(7-3-12)27-17-11-16-13(10-15(17)21)5-8-18(28-16)20(22,23)24/h2-3,5-8,10-11,18H,4,9H2,1H3. The van der Waals surface area contributed by atoms with Crippen LogP contribution in [-0.2, 0) is 16.0 Å². The van der Waals surface area contributed by atoms with Gasteiger partial charge in [-0.2, -0.15) is 13.2 Å². The number of benzene rings is 2. The molecule has 1 aliphatic heterocycles. The van der Waals surface area contributed by atoms with Gasteiger partial charge in [0.1, 0.15) is 17.2 Å². The molecule has 1 atom stereocenters. The molecule has 0 spiro atoms. The Morgan fingerprint density at radius 1 is 1.21 bits per heavy atom. The fraction of sp³-hybridized carbons (Fsp3) is 0.250. The highest BCUT2D eigenvalue weighted by Gasteiger charge is 2.41. The summed E-state index contributed by atoms with van der Waals surface area (Å²) in [5, 5.41) is 0.243. The Hall–Kier alpha value is -2.67. The Balaban J connectivity index is 1.73. The lowest BCUT2D eigenvalue weighted by molar-refractivity contribution is -0.180. The average Bonchev–Trinajstić information content (AvgIpc) is 2.66. The topological polar surface area (TPSA) is 44.8 Å². The second-order valence-corrected chi connectivity index (χ2v) is 6.49. The Labute approximate surface area is 164 Å². The normalized spacial score (nSPS) is 15.5. The van der Waals surface area contributed by atoms with Crippen molar-refractivity contribution in [2.75, 3.05) is 7.11 Å². The van der Waals surface area contributed by atoms with Gasteiger partial charge >= 0.3 is 12.1 Å². The Morgan fingerprint density at radius 3 is 2.57 bits per heavy atom. The van der Waals surface area contributed by atoms with Gasteiger partial charge in [-0.3, -0.25) is 4.79 Å². The third-order valence-corrected chi connectivity index (χ3v) is 4.38. The number of carbonyl (C=O) groups is 1. The van der Waals surface area contributed by atoms with Crippen LogP contribution in [0.4, 0.5) is 13.2 Å². The predicted molar refractivity (Wildman–Crippen MR) is 97.8 cm³/mol. The molecule has 2 aromatic carbocycles. The van der Waals surface area contributed by atoms with E-state index < -0.39 is 12.3 Å². The molecule has 0 bridgehead atoms. The number of ether oxygens (including phenoxy) is 3. The molecular formula is C20H16ClF3O4. The number of esters is 1. The van der Waals surface area contributed by atoms with Gasteiger partial charge in [-0.1, -0.05) is 29.8 Å². The molecule has 3 rings (SSSR count). The number of hydrogen-bond donors (Lipinski definition) is 0. The predicted octanol–water partition coefficient (Wildman–Crippen LogP) is 5.57. The van der Waals surface area contributed by atoms with E-state index in [4.69, 9.17) is 21.1 Å². The van der Waals surface area contributed by atoms with E-state index in [0.717, 1.165) is 11.6 Å². The fourth-order valence-electron chi connectivity index (χ4n) is 2.60. The van der Waals surface area contributed by atoms with E-state index in [1.807, 2.05) is 0 Å². The van der Waals surface area contributed by atoms with Crippen LogP contribution in [-0.4, -0.2) is 25.4 Å². The van der Waals surface area contributed by atoms with Crippen molar-refractivity contribution in [2.24, 2.45) is 0 Å². The highest BCUT2D eigenvalue weighted by molar-refractivity contribution is 6.32. The minimum absolute atomic E-state index is 0.0407. The van der Waals surface area contributed by atoms with Crippen LogP contribution in [0, 0.1) is 0 Å². The lowest BCUT2D eigenvalue weighted by Crippen LogP contribution is -2.33. The van der Waals surface area contributed by atoms with Crippen LogP contribution >= 0.6 is 11.6 Å². The van der Waals surface area contributed by atoms with Gasteiger partial charge in [-0.25, -0.2) is 0 Å². The van der Waals surface area contributed by atoms with E-state index in [0.29, 0.717) is 17.7 Å². The smallest absolute Gasteiger partial charge is 0.429 e. The number of hydrogen-bond acceptors (Lipinski definition) is 4. The highest BCUT2D eigenvalue weighted by atomic mass is 35.5. The maximum Gasteiger partial charge on any atom is 0.429 e. The summed E-state index contributed by atoms with van der Waals surface area (Å²) < 4.78 is 53.9. The maximum absolute atomic E-state index is 12.9. The van der Waals surface area contributed by atoms with Gasteiger partial charge in [0.2, 0.25) is 6.10 Å². The van der Waals surface area contributed by atoms with Gasteiger partial charge in [-0.05, 0) is 36.3 Å². The SMILES string of the molecule is COC(=O)CCc1ccc(Oc2cc3c(cc2Cl)C=CC(C(F)(F)F)O3)cc1. The highest BCUT2D eigenvalue weighted by Crippen LogP contribution is 2.40. The van der Waals surface area contributed by atoms with Gasteiger partial charge in [0.05, 0.1) is 12.1 Å². The molecule has 1 unspecified atom stereocenters. The summed E-state index contributed by atoms with van der Waals surface area (Å²) in [6.07, 6.45) is -3.48. The van der Waals surface area contributed by atoms with Gasteiger partial charge in [0.15, 0.2) is 0 Å². The van der Waals surface area contributed by atoms with Gasteiger partial charge < -0.3 is 14.2 Å². The number of halogens is 4. The molecule has 1 heterocycles. The summed E-state index contributed by atoms with van der Waals surface area (Å²) in [6, 6.07) is 9.75. The van der Waals surface area contributed by atoms with E-state index in [-0.39, 0.29) is 28.9 Å². The van der Waals surface area contributed by atoms with Gasteiger partial charge in [-0.15, -0.1) is 0 Å². The Bertz CT molecular complexity index is 892. The van der Waals surface area contributed by atoms with Crippen molar-refractivity contribution < 1.29 is 32.2 Å². The van der Waals surface area contributed by atoms with E-state index in [2.05, 4.69) is 4.74 Å². The van der Waals surface area contributed by atoms with Crippen molar-refractivity contribution in [1.82, 2.24) is 0 Å². The van der Waals surface area contributed by atoms with Crippen LogP contribution < -0.4 is 9.47 Å². The van der Waals surface area contributed by atoms with Crippen molar-refractivity contribution in [1.29, 1.82) is 0 Å². The third-order valence-electron chi connectivity index (χ3n) is 4.09. The molecule has 0 aliphatic carbocycles. The zero-order chi connectivity index (χ0) is 20.3. The zero-order valence-corrected chi connectivity index (χ0v) is 15.5. The van der Waals surface area contributed by atoms with Crippen LogP contribution in [0.1, 0.15) is 17.5 Å². The lowest BCUT2D eigenvalue weighted by Gasteiger charge is -2.24. The van der Waals surface area contributed by atoms with Crippen molar-refractivity contribution in [3.8, 4) is 17.2 Å². The summed E-state index contributed by atoms with van der Waals surface area (Å²) in [7, 11) is 1.33. The number of rotatable bonds is 5. The summed E-state index contributed by atoms with van der Waals surface area (Å²) in [5.74, 6) is 0.368. The maximum atomic E-state index is 12.9. The zero-order valence-electron chi connectivity index (χ0n) is 14.8. The van der Waals surface area contributed by atoms with Crippen molar-refractivity contribution in [2.45, 2.75) is 25.1 Å². The molecule has 148 valence electrons. The Morgan fingerprint density at radius 2 is 1.93 bits per heavy atom. The molecule has 0 aromatic heterocycles.